The summed E-state index contributed by atoms with van der Waals surface area (Å²) >= 11 is 0. The second kappa shape index (κ2) is 6.04. The molecule has 1 fully saturated rings. The molecule has 0 aromatic heterocycles. The van der Waals surface area contributed by atoms with E-state index in [4.69, 9.17) is 9.47 Å². The third-order valence-corrected chi connectivity index (χ3v) is 3.00. The Labute approximate surface area is 118 Å². The van der Waals surface area contributed by atoms with Crippen LogP contribution in [0.4, 0.5) is 0 Å². The van der Waals surface area contributed by atoms with Crippen LogP contribution < -0.4 is 0 Å². The first kappa shape index (κ1) is 14.5. The average Bonchev–Trinajstić information content (AvgIpc) is 2.76. The Balaban J connectivity index is 2.13. The van der Waals surface area contributed by atoms with E-state index in [2.05, 4.69) is 11.8 Å². The van der Waals surface area contributed by atoms with Crippen molar-refractivity contribution in [1.29, 1.82) is 0 Å². The van der Waals surface area contributed by atoms with Gasteiger partial charge in [0.2, 0.25) is 6.54 Å². The molecule has 1 aliphatic rings. The van der Waals surface area contributed by atoms with Gasteiger partial charge in [-0.3, -0.25) is 10.1 Å². The third kappa shape index (κ3) is 4.05. The Bertz CT molecular complexity index is 530. The lowest BCUT2D eigenvalue weighted by Crippen LogP contribution is -2.30. The molecule has 0 bridgehead atoms. The largest absolute Gasteiger partial charge is 0.348 e. The van der Waals surface area contributed by atoms with Gasteiger partial charge in [0.1, 0.15) is 12.0 Å². The first-order valence-electron chi connectivity index (χ1n) is 6.46. The van der Waals surface area contributed by atoms with Crippen molar-refractivity contribution in [2.24, 2.45) is 5.92 Å². The summed E-state index contributed by atoms with van der Waals surface area (Å²) in [6, 6.07) is 9.39. The molecule has 0 aliphatic carbocycles. The number of rotatable bonds is 3. The van der Waals surface area contributed by atoms with Crippen LogP contribution in [-0.4, -0.2) is 30.0 Å². The minimum atomic E-state index is -0.700. The van der Waals surface area contributed by atoms with Gasteiger partial charge >= 0.3 is 0 Å². The van der Waals surface area contributed by atoms with E-state index in [1.165, 1.54) is 0 Å². The van der Waals surface area contributed by atoms with E-state index in [9.17, 15) is 10.1 Å². The van der Waals surface area contributed by atoms with Gasteiger partial charge in [-0.1, -0.05) is 30.0 Å². The molecule has 0 saturated carbocycles. The van der Waals surface area contributed by atoms with Crippen LogP contribution >= 0.6 is 0 Å². The monoisotopic (exact) mass is 275 g/mol. The Morgan fingerprint density at radius 2 is 2.15 bits per heavy atom. The van der Waals surface area contributed by atoms with Crippen molar-refractivity contribution >= 4 is 0 Å². The topological polar surface area (TPSA) is 61.6 Å². The number of nitrogens with zero attached hydrogens (tertiary/aromatic N) is 1. The Morgan fingerprint density at radius 3 is 2.70 bits per heavy atom. The minimum Gasteiger partial charge on any atom is -0.348 e. The quantitative estimate of drug-likeness (QED) is 0.481. The third-order valence-electron chi connectivity index (χ3n) is 3.00. The molecule has 2 rings (SSSR count). The summed E-state index contributed by atoms with van der Waals surface area (Å²) in [4.78, 5) is 10.4. The number of benzene rings is 1. The molecule has 0 spiro atoms. The van der Waals surface area contributed by atoms with E-state index >= 15 is 0 Å². The fraction of sp³-hybridized carbons (Fsp3) is 0.467. The maximum Gasteiger partial charge on any atom is 0.220 e. The van der Waals surface area contributed by atoms with Crippen LogP contribution in [0, 0.1) is 27.9 Å². The van der Waals surface area contributed by atoms with E-state index in [1.54, 1.807) is 13.8 Å². The van der Waals surface area contributed by atoms with Crippen LogP contribution in [-0.2, 0) is 9.47 Å². The van der Waals surface area contributed by atoms with Crippen molar-refractivity contribution in [3.8, 4) is 11.8 Å². The molecule has 2 atom stereocenters. The van der Waals surface area contributed by atoms with Gasteiger partial charge in [0.15, 0.2) is 5.79 Å². The maximum atomic E-state index is 10.8. The molecule has 1 aromatic carbocycles. The molecule has 0 N–H and O–H groups in total. The van der Waals surface area contributed by atoms with Gasteiger partial charge in [-0.15, -0.1) is 0 Å². The predicted molar refractivity (Wildman–Crippen MR) is 73.6 cm³/mol. The second-order valence-electron chi connectivity index (χ2n) is 5.12. The van der Waals surface area contributed by atoms with Crippen molar-refractivity contribution in [3.05, 3.63) is 46.0 Å². The molecule has 1 aliphatic heterocycles. The van der Waals surface area contributed by atoms with Crippen molar-refractivity contribution in [1.82, 2.24) is 0 Å². The summed E-state index contributed by atoms with van der Waals surface area (Å²) in [7, 11) is 0. The second-order valence-corrected chi connectivity index (χ2v) is 5.12. The summed E-state index contributed by atoms with van der Waals surface area (Å²) in [5.74, 6) is 4.73. The first-order valence-corrected chi connectivity index (χ1v) is 6.46. The zero-order valence-corrected chi connectivity index (χ0v) is 11.5. The molecule has 5 heteroatoms. The van der Waals surface area contributed by atoms with Crippen LogP contribution in [0.1, 0.15) is 19.4 Å². The van der Waals surface area contributed by atoms with Gasteiger partial charge in [0.05, 0.1) is 6.61 Å². The number of ether oxygens (including phenoxy) is 2. The van der Waals surface area contributed by atoms with E-state index in [0.29, 0.717) is 6.61 Å². The van der Waals surface area contributed by atoms with Gasteiger partial charge in [-0.2, -0.15) is 0 Å². The standard InChI is InChI=1S/C15H17NO4/c1-15(2)19-11-14(20-15)13(10-16(17)18)9-8-12-6-4-3-5-7-12/h3-7,13-14H,10-11H2,1-2H3/t13-,14+/m0/s1. The fourth-order valence-corrected chi connectivity index (χ4v) is 2.03. The lowest BCUT2D eigenvalue weighted by Gasteiger charge is -2.18. The average molecular weight is 275 g/mol. The molecule has 20 heavy (non-hydrogen) atoms. The van der Waals surface area contributed by atoms with Crippen LogP contribution in [0.15, 0.2) is 30.3 Å². The lowest BCUT2D eigenvalue weighted by molar-refractivity contribution is -0.487. The zero-order valence-electron chi connectivity index (χ0n) is 11.5. The van der Waals surface area contributed by atoms with E-state index in [0.717, 1.165) is 5.56 Å². The van der Waals surface area contributed by atoms with Crippen LogP contribution in [0.25, 0.3) is 0 Å². The van der Waals surface area contributed by atoms with E-state index < -0.39 is 11.7 Å². The molecule has 106 valence electrons. The normalized spacial score (nSPS) is 21.8. The Hall–Kier alpha value is -1.90. The van der Waals surface area contributed by atoms with Gasteiger partial charge in [0, 0.05) is 10.5 Å². The summed E-state index contributed by atoms with van der Waals surface area (Å²) in [5.41, 5.74) is 0.832. The number of nitro groups is 1. The highest BCUT2D eigenvalue weighted by atomic mass is 16.7. The maximum absolute atomic E-state index is 10.8. The predicted octanol–water partition coefficient (Wildman–Crippen LogP) is 2.08. The van der Waals surface area contributed by atoms with Crippen molar-refractivity contribution in [2.75, 3.05) is 13.2 Å². The van der Waals surface area contributed by atoms with Crippen molar-refractivity contribution < 1.29 is 14.4 Å². The fourth-order valence-electron chi connectivity index (χ4n) is 2.03. The minimum absolute atomic E-state index is 0.246. The molecular weight excluding hydrogens is 258 g/mol. The highest BCUT2D eigenvalue weighted by Gasteiger charge is 2.38. The molecule has 1 heterocycles. The van der Waals surface area contributed by atoms with E-state index in [1.807, 2.05) is 30.3 Å². The van der Waals surface area contributed by atoms with Gasteiger partial charge in [-0.05, 0) is 26.0 Å². The van der Waals surface area contributed by atoms with Crippen LogP contribution in [0.2, 0.25) is 0 Å². The van der Waals surface area contributed by atoms with Crippen LogP contribution in [0.5, 0.6) is 0 Å². The molecule has 1 aromatic rings. The molecule has 0 amide bonds. The lowest BCUT2D eigenvalue weighted by atomic mass is 10.0. The van der Waals surface area contributed by atoms with Crippen molar-refractivity contribution in [3.63, 3.8) is 0 Å². The highest BCUT2D eigenvalue weighted by Crippen LogP contribution is 2.26. The number of hydrogen-bond acceptors (Lipinski definition) is 4. The molecule has 0 unspecified atom stereocenters. The van der Waals surface area contributed by atoms with Crippen molar-refractivity contribution in [2.45, 2.75) is 25.7 Å². The first-order chi connectivity index (χ1) is 9.46. The Morgan fingerprint density at radius 1 is 1.45 bits per heavy atom. The van der Waals surface area contributed by atoms with Crippen LogP contribution in [0.3, 0.4) is 0 Å². The van der Waals surface area contributed by atoms with Gasteiger partial charge in [-0.25, -0.2) is 0 Å². The number of hydrogen-bond donors (Lipinski definition) is 0. The van der Waals surface area contributed by atoms with E-state index in [-0.39, 0.29) is 17.6 Å². The SMILES string of the molecule is CC1(C)OC[C@H]([C@@H](C#Cc2ccccc2)C[N+](=O)[O-])O1. The highest BCUT2D eigenvalue weighted by molar-refractivity contribution is 5.34. The molecule has 0 radical (unpaired) electrons. The molecule has 1 saturated heterocycles. The smallest absolute Gasteiger partial charge is 0.220 e. The van der Waals surface area contributed by atoms with Gasteiger partial charge in [0.25, 0.3) is 0 Å². The molecule has 5 nitrogen and oxygen atoms in total. The summed E-state index contributed by atoms with van der Waals surface area (Å²) in [5, 5.41) is 10.8. The summed E-state index contributed by atoms with van der Waals surface area (Å²) in [6.45, 7) is 3.67. The van der Waals surface area contributed by atoms with Gasteiger partial charge < -0.3 is 9.47 Å². The summed E-state index contributed by atoms with van der Waals surface area (Å²) < 4.78 is 11.1. The molecular formula is C15H17NO4. The zero-order chi connectivity index (χ0) is 14.6. The Kier molecular flexibility index (Phi) is 4.38. The summed E-state index contributed by atoms with van der Waals surface area (Å²) in [6.07, 6.45) is -0.369.